The molecule has 0 atom stereocenters. The Morgan fingerprint density at radius 3 is 3.00 bits per heavy atom. The molecule has 2 aromatic rings. The molecule has 0 unspecified atom stereocenters. The van der Waals surface area contributed by atoms with E-state index in [9.17, 15) is 0 Å². The quantitative estimate of drug-likeness (QED) is 0.915. The third kappa shape index (κ3) is 3.10. The lowest BCUT2D eigenvalue weighted by molar-refractivity contribution is 0.416. The van der Waals surface area contributed by atoms with Crippen LogP contribution in [0.1, 0.15) is 5.69 Å². The molecule has 0 saturated heterocycles. The van der Waals surface area contributed by atoms with Crippen LogP contribution in [0, 0.1) is 0 Å². The minimum absolute atomic E-state index is 0.854. The number of aromatic nitrogens is 1. The maximum absolute atomic E-state index is 5.38. The first-order chi connectivity index (χ1) is 8.74. The molecule has 1 N–H and O–H groups in total. The zero-order valence-corrected chi connectivity index (χ0v) is 12.8. The van der Waals surface area contributed by atoms with Crippen molar-refractivity contribution in [3.05, 3.63) is 33.7 Å². The van der Waals surface area contributed by atoms with Crippen molar-refractivity contribution in [3.8, 4) is 16.3 Å². The van der Waals surface area contributed by atoms with Gasteiger partial charge in [0, 0.05) is 22.8 Å². The largest absolute Gasteiger partial charge is 0.496 e. The standard InChI is InChI=1S/C13H15BrN2OS/c1-15-6-5-10-8-18-13(16-10)11-7-9(14)3-4-12(11)17-2/h3-4,7-8,15H,5-6H2,1-2H3. The molecule has 1 aromatic carbocycles. The highest BCUT2D eigenvalue weighted by Gasteiger charge is 2.10. The normalized spacial score (nSPS) is 10.6. The van der Waals surface area contributed by atoms with Gasteiger partial charge in [0.15, 0.2) is 0 Å². The SMILES string of the molecule is CNCCc1csc(-c2cc(Br)ccc2OC)n1. The highest BCUT2D eigenvalue weighted by molar-refractivity contribution is 9.10. The number of nitrogens with zero attached hydrogens (tertiary/aromatic N) is 1. The number of thiazole rings is 1. The van der Waals surface area contributed by atoms with Gasteiger partial charge in [-0.1, -0.05) is 15.9 Å². The second-order valence-electron chi connectivity index (χ2n) is 3.84. The number of rotatable bonds is 5. The molecule has 5 heteroatoms. The third-order valence-corrected chi connectivity index (χ3v) is 3.99. The van der Waals surface area contributed by atoms with E-state index in [1.807, 2.05) is 25.2 Å². The van der Waals surface area contributed by atoms with Crippen LogP contribution in [0.25, 0.3) is 10.6 Å². The highest BCUT2D eigenvalue weighted by atomic mass is 79.9. The van der Waals surface area contributed by atoms with E-state index in [2.05, 4.69) is 31.6 Å². The van der Waals surface area contributed by atoms with Gasteiger partial charge in [0.25, 0.3) is 0 Å². The Morgan fingerprint density at radius 2 is 2.28 bits per heavy atom. The molecule has 1 aromatic heterocycles. The summed E-state index contributed by atoms with van der Waals surface area (Å²) in [6, 6.07) is 5.96. The summed E-state index contributed by atoms with van der Waals surface area (Å²) in [4.78, 5) is 4.65. The third-order valence-electron chi connectivity index (χ3n) is 2.57. The molecule has 0 amide bonds. The van der Waals surface area contributed by atoms with Crippen LogP contribution in [0.2, 0.25) is 0 Å². The molecule has 0 spiro atoms. The fraction of sp³-hybridized carbons (Fsp3) is 0.308. The molecule has 0 aliphatic carbocycles. The lowest BCUT2D eigenvalue weighted by Gasteiger charge is -2.06. The van der Waals surface area contributed by atoms with E-state index in [0.29, 0.717) is 0 Å². The predicted molar refractivity (Wildman–Crippen MR) is 79.4 cm³/mol. The number of nitrogens with one attached hydrogen (secondary N) is 1. The Bertz CT molecular complexity index is 527. The summed E-state index contributed by atoms with van der Waals surface area (Å²) in [5, 5.41) is 6.23. The summed E-state index contributed by atoms with van der Waals surface area (Å²) >= 11 is 5.13. The summed E-state index contributed by atoms with van der Waals surface area (Å²) in [5.74, 6) is 0.854. The van der Waals surface area contributed by atoms with Crippen molar-refractivity contribution < 1.29 is 4.74 Å². The topological polar surface area (TPSA) is 34.1 Å². The molecule has 0 saturated carbocycles. The number of methoxy groups -OCH3 is 1. The van der Waals surface area contributed by atoms with Crippen LogP contribution in [0.5, 0.6) is 5.75 Å². The molecule has 0 radical (unpaired) electrons. The Balaban J connectivity index is 2.30. The van der Waals surface area contributed by atoms with E-state index in [1.165, 1.54) is 0 Å². The zero-order valence-electron chi connectivity index (χ0n) is 10.4. The molecule has 0 fully saturated rings. The number of halogens is 1. The van der Waals surface area contributed by atoms with Gasteiger partial charge in [-0.15, -0.1) is 11.3 Å². The van der Waals surface area contributed by atoms with E-state index in [0.717, 1.165) is 39.5 Å². The predicted octanol–water partition coefficient (Wildman–Crippen LogP) is 3.34. The summed E-state index contributed by atoms with van der Waals surface area (Å²) in [7, 11) is 3.63. The molecule has 0 bridgehead atoms. The Labute approximate surface area is 119 Å². The van der Waals surface area contributed by atoms with E-state index >= 15 is 0 Å². The van der Waals surface area contributed by atoms with Gasteiger partial charge >= 0.3 is 0 Å². The first-order valence-electron chi connectivity index (χ1n) is 5.67. The number of hydrogen-bond acceptors (Lipinski definition) is 4. The maximum atomic E-state index is 5.38. The maximum Gasteiger partial charge on any atom is 0.129 e. The van der Waals surface area contributed by atoms with Gasteiger partial charge < -0.3 is 10.1 Å². The molecule has 1 heterocycles. The summed E-state index contributed by atoms with van der Waals surface area (Å²) < 4.78 is 6.41. The van der Waals surface area contributed by atoms with Gasteiger partial charge in [-0.2, -0.15) is 0 Å². The van der Waals surface area contributed by atoms with E-state index in [-0.39, 0.29) is 0 Å². The van der Waals surface area contributed by atoms with Crippen LogP contribution in [-0.4, -0.2) is 25.7 Å². The number of likely N-dealkylation sites (N-methyl/N-ethyl adjacent to an activating group) is 1. The first kappa shape index (κ1) is 13.5. The van der Waals surface area contributed by atoms with Crippen molar-refractivity contribution in [1.29, 1.82) is 0 Å². The van der Waals surface area contributed by atoms with E-state index < -0.39 is 0 Å². The number of ether oxygens (including phenoxy) is 1. The van der Waals surface area contributed by atoms with Crippen molar-refractivity contribution in [2.24, 2.45) is 0 Å². The highest BCUT2D eigenvalue weighted by Crippen LogP contribution is 2.34. The number of hydrogen-bond donors (Lipinski definition) is 1. The lowest BCUT2D eigenvalue weighted by atomic mass is 10.2. The minimum Gasteiger partial charge on any atom is -0.496 e. The fourth-order valence-electron chi connectivity index (χ4n) is 1.65. The summed E-state index contributed by atoms with van der Waals surface area (Å²) in [6.07, 6.45) is 0.948. The molecular weight excluding hydrogens is 312 g/mol. The molecule has 2 rings (SSSR count). The molecule has 3 nitrogen and oxygen atoms in total. The first-order valence-corrected chi connectivity index (χ1v) is 7.34. The van der Waals surface area contributed by atoms with Gasteiger partial charge in [-0.3, -0.25) is 0 Å². The molecule has 18 heavy (non-hydrogen) atoms. The van der Waals surface area contributed by atoms with Crippen molar-refractivity contribution >= 4 is 27.3 Å². The molecule has 96 valence electrons. The zero-order chi connectivity index (χ0) is 13.0. The monoisotopic (exact) mass is 326 g/mol. The van der Waals surface area contributed by atoms with Gasteiger partial charge in [0.05, 0.1) is 18.4 Å². The molecule has 0 aliphatic heterocycles. The summed E-state index contributed by atoms with van der Waals surface area (Å²) in [5.41, 5.74) is 2.15. The van der Waals surface area contributed by atoms with Crippen molar-refractivity contribution in [3.63, 3.8) is 0 Å². The Hall–Kier alpha value is -0.910. The van der Waals surface area contributed by atoms with Crippen LogP contribution in [0.3, 0.4) is 0 Å². The van der Waals surface area contributed by atoms with E-state index in [4.69, 9.17) is 4.74 Å². The Morgan fingerprint density at radius 1 is 1.44 bits per heavy atom. The van der Waals surface area contributed by atoms with Crippen molar-refractivity contribution in [1.82, 2.24) is 10.3 Å². The average Bonchev–Trinajstić information content (AvgIpc) is 2.85. The smallest absolute Gasteiger partial charge is 0.129 e. The van der Waals surface area contributed by atoms with Gasteiger partial charge in [-0.25, -0.2) is 4.98 Å². The molecular formula is C13H15BrN2OS. The van der Waals surface area contributed by atoms with Crippen LogP contribution in [0.4, 0.5) is 0 Å². The van der Waals surface area contributed by atoms with Crippen LogP contribution in [0.15, 0.2) is 28.1 Å². The number of benzene rings is 1. The van der Waals surface area contributed by atoms with Crippen LogP contribution < -0.4 is 10.1 Å². The van der Waals surface area contributed by atoms with Crippen molar-refractivity contribution in [2.45, 2.75) is 6.42 Å². The van der Waals surface area contributed by atoms with Crippen LogP contribution >= 0.6 is 27.3 Å². The van der Waals surface area contributed by atoms with Gasteiger partial charge in [-0.05, 0) is 25.2 Å². The molecule has 0 aliphatic rings. The van der Waals surface area contributed by atoms with E-state index in [1.54, 1.807) is 18.4 Å². The van der Waals surface area contributed by atoms with Gasteiger partial charge in [0.1, 0.15) is 10.8 Å². The lowest BCUT2D eigenvalue weighted by Crippen LogP contribution is -2.10. The average molecular weight is 327 g/mol. The fourth-order valence-corrected chi connectivity index (χ4v) is 2.88. The Kier molecular flexibility index (Phi) is 4.74. The van der Waals surface area contributed by atoms with Gasteiger partial charge in [0.2, 0.25) is 0 Å². The second kappa shape index (κ2) is 6.31. The van der Waals surface area contributed by atoms with Crippen molar-refractivity contribution in [2.75, 3.05) is 20.7 Å². The minimum atomic E-state index is 0.854. The van der Waals surface area contributed by atoms with Crippen LogP contribution in [-0.2, 0) is 6.42 Å². The summed E-state index contributed by atoms with van der Waals surface area (Å²) in [6.45, 7) is 0.943. The second-order valence-corrected chi connectivity index (χ2v) is 5.62.